The molecule has 0 aliphatic carbocycles. The van der Waals surface area contributed by atoms with E-state index >= 15 is 0 Å². The van der Waals surface area contributed by atoms with Crippen molar-refractivity contribution >= 4 is 40.0 Å². The first-order chi connectivity index (χ1) is 21.3. The zero-order chi connectivity index (χ0) is 31.5. The summed E-state index contributed by atoms with van der Waals surface area (Å²) in [5.74, 6) is 3.57. The number of fused-ring (bicyclic) bond motifs is 1. The maximum Gasteiger partial charge on any atom is 0.242 e. The number of carbonyl (C=O) groups excluding carboxylic acids is 3. The number of amides is 2. The number of methoxy groups -OCH3 is 1. The number of piperidine rings is 1. The first-order valence-electron chi connectivity index (χ1n) is 15.2. The second kappa shape index (κ2) is 15.8. The number of ketones is 1. The number of likely N-dealkylation sites (N-methyl/N-ethyl adjacent to an activating group) is 1. The van der Waals surface area contributed by atoms with Gasteiger partial charge in [-0.3, -0.25) is 14.5 Å². The number of unbranched alkanes of at least 4 members (excludes halogenated alkanes) is 2. The van der Waals surface area contributed by atoms with Crippen LogP contribution < -0.4 is 20.7 Å². The number of hydrogen-bond donors (Lipinski definition) is 3. The summed E-state index contributed by atoms with van der Waals surface area (Å²) < 4.78 is 5.64. The number of nitrogens with zero attached hydrogens (tertiary/aromatic N) is 3. The molecule has 1 saturated heterocycles. The summed E-state index contributed by atoms with van der Waals surface area (Å²) in [5, 5.41) is 10.1. The van der Waals surface area contributed by atoms with Crippen molar-refractivity contribution in [3.63, 3.8) is 0 Å². The van der Waals surface area contributed by atoms with E-state index in [1.807, 2.05) is 43.4 Å². The first kappa shape index (κ1) is 32.4. The Morgan fingerprint density at radius 2 is 1.98 bits per heavy atom. The monoisotopic (exact) mass is 598 g/mol. The normalized spacial score (nSPS) is 15.6. The smallest absolute Gasteiger partial charge is 0.242 e. The number of aromatic nitrogens is 2. The molecule has 1 fully saturated rings. The van der Waals surface area contributed by atoms with Gasteiger partial charge in [-0.05, 0) is 70.5 Å². The van der Waals surface area contributed by atoms with Gasteiger partial charge >= 0.3 is 0 Å². The van der Waals surface area contributed by atoms with E-state index in [1.165, 1.54) is 6.33 Å². The summed E-state index contributed by atoms with van der Waals surface area (Å²) in [4.78, 5) is 49.0. The zero-order valence-corrected chi connectivity index (χ0v) is 25.8. The molecule has 2 amide bonds. The van der Waals surface area contributed by atoms with Gasteiger partial charge in [-0.25, -0.2) is 9.97 Å². The van der Waals surface area contributed by atoms with Crippen LogP contribution in [-0.2, 0) is 20.9 Å². The Balaban J connectivity index is 1.50. The number of nitrogens with one attached hydrogen (secondary N) is 3. The molecule has 4 rings (SSSR count). The van der Waals surface area contributed by atoms with Crippen LogP contribution in [0.25, 0.3) is 10.9 Å². The minimum Gasteiger partial charge on any atom is -0.496 e. The Labute approximate surface area is 259 Å². The molecule has 2 heterocycles. The molecule has 2 aromatic carbocycles. The van der Waals surface area contributed by atoms with Gasteiger partial charge in [0.1, 0.15) is 29.7 Å². The van der Waals surface area contributed by atoms with Gasteiger partial charge in [0.05, 0.1) is 18.7 Å². The summed E-state index contributed by atoms with van der Waals surface area (Å²) in [5.41, 5.74) is 2.95. The first-order valence-corrected chi connectivity index (χ1v) is 15.2. The molecule has 10 heteroatoms. The van der Waals surface area contributed by atoms with Crippen molar-refractivity contribution < 1.29 is 19.1 Å². The van der Waals surface area contributed by atoms with Crippen LogP contribution in [0.3, 0.4) is 0 Å². The summed E-state index contributed by atoms with van der Waals surface area (Å²) in [6.07, 6.45) is 13.2. The molecule has 1 aliphatic rings. The third kappa shape index (κ3) is 8.77. The van der Waals surface area contributed by atoms with Gasteiger partial charge in [0.15, 0.2) is 0 Å². The van der Waals surface area contributed by atoms with E-state index in [4.69, 9.17) is 11.2 Å². The van der Waals surface area contributed by atoms with E-state index in [1.54, 1.807) is 14.0 Å². The standard InChI is InChI=1S/C34H42N6O4/c1-5-24-13-11-14-26(18-24)38-32-27-19-25(31(44-4)20-29(27)36-22-37-32)21-35-33(42)28(15-8-6-7-12-23(2)41)39-34(43)30-16-9-10-17-40(30)3/h1,11,13-14,18-20,22,28,30H,6-10,12,15-17,21H2,2-4H3,(H,35,42)(H,39,43)(H,36,37,38)/t28-,30?/m0/s1. The lowest BCUT2D eigenvalue weighted by Gasteiger charge is -2.32. The Hall–Kier alpha value is -4.49. The maximum absolute atomic E-state index is 13.5. The third-order valence-electron chi connectivity index (χ3n) is 8.01. The lowest BCUT2D eigenvalue weighted by molar-refractivity contribution is -0.132. The summed E-state index contributed by atoms with van der Waals surface area (Å²) in [6, 6.07) is 10.3. The zero-order valence-electron chi connectivity index (χ0n) is 25.8. The number of terminal acetylenes is 1. The number of rotatable bonds is 14. The van der Waals surface area contributed by atoms with Gasteiger partial charge in [0.2, 0.25) is 11.8 Å². The van der Waals surface area contributed by atoms with Crippen LogP contribution in [0.4, 0.5) is 11.5 Å². The number of benzene rings is 2. The highest BCUT2D eigenvalue weighted by atomic mass is 16.5. The predicted octanol–water partition coefficient (Wildman–Crippen LogP) is 4.49. The Morgan fingerprint density at radius 1 is 1.14 bits per heavy atom. The van der Waals surface area contributed by atoms with Crippen molar-refractivity contribution in [3.05, 3.63) is 53.9 Å². The Morgan fingerprint density at radius 3 is 2.73 bits per heavy atom. The quantitative estimate of drug-likeness (QED) is 0.183. The highest BCUT2D eigenvalue weighted by molar-refractivity contribution is 5.93. The largest absolute Gasteiger partial charge is 0.496 e. The van der Waals surface area contributed by atoms with E-state index in [0.29, 0.717) is 29.9 Å². The van der Waals surface area contributed by atoms with Crippen molar-refractivity contribution in [3.8, 4) is 18.1 Å². The van der Waals surface area contributed by atoms with Crippen molar-refractivity contribution in [2.24, 2.45) is 0 Å². The molecule has 0 radical (unpaired) electrons. The lowest BCUT2D eigenvalue weighted by Crippen LogP contribution is -2.54. The molecule has 44 heavy (non-hydrogen) atoms. The van der Waals surface area contributed by atoms with Crippen LogP contribution in [0.15, 0.2) is 42.7 Å². The van der Waals surface area contributed by atoms with Crippen LogP contribution in [0.1, 0.15) is 69.4 Å². The SMILES string of the molecule is C#Cc1cccc(Nc2ncnc3cc(OC)c(CNC(=O)[C@H](CCCCCC(C)=O)NC(=O)C4CCCCN4C)cc23)c1. The minimum absolute atomic E-state index is 0.124. The summed E-state index contributed by atoms with van der Waals surface area (Å²) >= 11 is 0. The molecule has 10 nitrogen and oxygen atoms in total. The minimum atomic E-state index is -0.689. The van der Waals surface area contributed by atoms with Gasteiger partial charge < -0.3 is 25.5 Å². The van der Waals surface area contributed by atoms with Crippen molar-refractivity contribution in [2.75, 3.05) is 26.0 Å². The van der Waals surface area contributed by atoms with Gasteiger partial charge in [-0.15, -0.1) is 6.42 Å². The second-order valence-electron chi connectivity index (χ2n) is 11.3. The topological polar surface area (TPSA) is 126 Å². The van der Waals surface area contributed by atoms with E-state index in [-0.39, 0.29) is 30.2 Å². The van der Waals surface area contributed by atoms with E-state index in [0.717, 1.165) is 67.3 Å². The van der Waals surface area contributed by atoms with Crippen molar-refractivity contribution in [2.45, 2.75) is 76.9 Å². The van der Waals surface area contributed by atoms with Crippen LogP contribution in [0, 0.1) is 12.3 Å². The Kier molecular flexibility index (Phi) is 11.7. The van der Waals surface area contributed by atoms with E-state index in [2.05, 4.69) is 36.7 Å². The number of carbonyl (C=O) groups is 3. The third-order valence-corrected chi connectivity index (χ3v) is 8.01. The molecule has 0 spiro atoms. The molecule has 1 aromatic heterocycles. The molecule has 232 valence electrons. The van der Waals surface area contributed by atoms with E-state index < -0.39 is 6.04 Å². The fraction of sp³-hybridized carbons (Fsp3) is 0.441. The average molecular weight is 599 g/mol. The molecule has 1 aliphatic heterocycles. The maximum atomic E-state index is 13.5. The van der Waals surface area contributed by atoms with Crippen molar-refractivity contribution in [1.29, 1.82) is 0 Å². The molecule has 1 unspecified atom stereocenters. The average Bonchev–Trinajstić information content (AvgIpc) is 3.02. The van der Waals surface area contributed by atoms with Crippen LogP contribution in [0.5, 0.6) is 5.75 Å². The van der Waals surface area contributed by atoms with Crippen molar-refractivity contribution in [1.82, 2.24) is 25.5 Å². The molecular formula is C34H42N6O4. The number of hydrogen-bond acceptors (Lipinski definition) is 8. The second-order valence-corrected chi connectivity index (χ2v) is 11.3. The lowest BCUT2D eigenvalue weighted by atomic mass is 10.0. The molecule has 0 saturated carbocycles. The molecular weight excluding hydrogens is 556 g/mol. The Bertz CT molecular complexity index is 1520. The highest BCUT2D eigenvalue weighted by Gasteiger charge is 2.29. The molecule has 3 aromatic rings. The fourth-order valence-corrected chi connectivity index (χ4v) is 5.53. The van der Waals surface area contributed by atoms with Gasteiger partial charge in [0, 0.05) is 41.2 Å². The number of anilines is 2. The predicted molar refractivity (Wildman–Crippen MR) is 172 cm³/mol. The number of likely N-dealkylation sites (tertiary alicyclic amines) is 1. The summed E-state index contributed by atoms with van der Waals surface area (Å²) in [6.45, 7) is 2.62. The van der Waals surface area contributed by atoms with Gasteiger partial charge in [-0.1, -0.05) is 31.2 Å². The van der Waals surface area contributed by atoms with Crippen LogP contribution in [-0.4, -0.2) is 65.3 Å². The molecule has 2 atom stereocenters. The van der Waals surface area contributed by atoms with Crippen LogP contribution in [0.2, 0.25) is 0 Å². The number of ether oxygens (including phenoxy) is 1. The van der Waals surface area contributed by atoms with Gasteiger partial charge in [-0.2, -0.15) is 0 Å². The molecule has 3 N–H and O–H groups in total. The van der Waals surface area contributed by atoms with Gasteiger partial charge in [0.25, 0.3) is 0 Å². The highest BCUT2D eigenvalue weighted by Crippen LogP contribution is 2.30. The molecule has 0 bridgehead atoms. The summed E-state index contributed by atoms with van der Waals surface area (Å²) in [7, 11) is 3.52. The van der Waals surface area contributed by atoms with Crippen LogP contribution >= 0.6 is 0 Å². The number of Topliss-reactive ketones (excluding diaryl/α,β-unsaturated/α-hetero) is 1. The van der Waals surface area contributed by atoms with E-state index in [9.17, 15) is 14.4 Å². The fourth-order valence-electron chi connectivity index (χ4n) is 5.53.